The molecule has 0 aliphatic carbocycles. The first kappa shape index (κ1) is 47.2. The van der Waals surface area contributed by atoms with Gasteiger partial charge in [0.15, 0.2) is 0 Å². The normalized spacial score (nSPS) is 16.0. The Hall–Kier alpha value is -7.15. The van der Waals surface area contributed by atoms with E-state index in [9.17, 15) is 0 Å². The van der Waals surface area contributed by atoms with Gasteiger partial charge in [0.1, 0.15) is 5.75 Å². The number of rotatable bonds is 10. The van der Waals surface area contributed by atoms with Gasteiger partial charge in [-0.2, -0.15) is 0 Å². The fraction of sp³-hybridized carbons (Fsp3) is 0.267. The van der Waals surface area contributed by atoms with Crippen LogP contribution in [0.2, 0.25) is 5.02 Å². The predicted molar refractivity (Wildman–Crippen MR) is 300 cm³/mol. The molecular weight excluding hydrogens is 912 g/mol. The summed E-state index contributed by atoms with van der Waals surface area (Å²) >= 11 is 5.97. The molecule has 4 N–H and O–H groups in total. The summed E-state index contributed by atoms with van der Waals surface area (Å²) in [6, 6.07) is 51.9. The lowest BCUT2D eigenvalue weighted by atomic mass is 10.1. The number of anilines is 3. The van der Waals surface area contributed by atoms with Crippen LogP contribution in [-0.4, -0.2) is 120 Å². The summed E-state index contributed by atoms with van der Waals surface area (Å²) in [5, 5.41) is 5.98. The first-order valence-corrected chi connectivity index (χ1v) is 25.9. The van der Waals surface area contributed by atoms with Crippen molar-refractivity contribution in [2.24, 2.45) is 0 Å². The zero-order chi connectivity index (χ0) is 48.6. The Morgan fingerprint density at radius 1 is 0.361 bits per heavy atom. The molecule has 0 unspecified atom stereocenters. The van der Waals surface area contributed by atoms with Gasteiger partial charge >= 0.3 is 0 Å². The van der Waals surface area contributed by atoms with Crippen LogP contribution in [-0.2, 0) is 19.6 Å². The zero-order valence-electron chi connectivity index (χ0n) is 41.2. The number of nitrogens with zero attached hydrogens (tertiary/aromatic N) is 6. The van der Waals surface area contributed by atoms with Gasteiger partial charge in [0.2, 0.25) is 0 Å². The van der Waals surface area contributed by atoms with Crippen LogP contribution in [0.1, 0.15) is 16.7 Å². The highest BCUT2D eigenvalue weighted by atomic mass is 35.5. The molecule has 7 heterocycles. The molecule has 368 valence electrons. The van der Waals surface area contributed by atoms with Crippen molar-refractivity contribution in [1.29, 1.82) is 0 Å². The van der Waals surface area contributed by atoms with Crippen LogP contribution in [0.25, 0.3) is 43.6 Å². The third kappa shape index (κ3) is 11.5. The molecular formula is C60H65ClN10O. The number of nitrogens with one attached hydrogen (secondary N) is 4. The molecule has 0 radical (unpaired) electrons. The van der Waals surface area contributed by atoms with Crippen LogP contribution in [0, 0.1) is 0 Å². The fourth-order valence-corrected chi connectivity index (χ4v) is 10.7. The average Bonchev–Trinajstić information content (AvgIpc) is 4.28. The second kappa shape index (κ2) is 22.1. The minimum atomic E-state index is 0.799. The van der Waals surface area contributed by atoms with Crippen molar-refractivity contribution < 1.29 is 4.74 Å². The van der Waals surface area contributed by atoms with E-state index in [0.717, 1.165) is 109 Å². The van der Waals surface area contributed by atoms with Gasteiger partial charge in [-0.05, 0) is 160 Å². The highest BCUT2D eigenvalue weighted by Gasteiger charge is 2.20. The highest BCUT2D eigenvalue weighted by molar-refractivity contribution is 6.30. The standard InChI is InChI=1S/C21H22N4.C20H23N3O.C19H20ClN3/c1-3-20-17(5-7-22-20)13-16(1)15-24-9-11-25(12-10-24)19-2-4-21-18(14-19)6-8-23-21;1-24-19-5-3-18(4-6-19)23-12-10-22(11-13-23)15-16-2-7-20-17(14-16)8-9-21-20;20-17-2-4-18(5-3-17)23-11-9-22(10-12-23)14-15-1-6-19-16(13-15)7-8-21-19/h1-8,13-14,22-23H,9-12,15H2;2-9,14,21H,10-13,15H2,1H3;1-8,13,21H,9-12,14H2. The number of methoxy groups -OCH3 is 1. The number of piperazine rings is 3. The minimum absolute atomic E-state index is 0.799. The number of aromatic nitrogens is 4. The molecule has 4 aromatic heterocycles. The molecule has 3 fully saturated rings. The molecule has 11 nitrogen and oxygen atoms in total. The molecule has 3 aliphatic rings. The number of halogens is 1. The molecule has 0 spiro atoms. The van der Waals surface area contributed by atoms with Gasteiger partial charge in [0.25, 0.3) is 0 Å². The molecule has 6 aromatic carbocycles. The smallest absolute Gasteiger partial charge is 0.119 e. The number of aromatic amines is 4. The molecule has 0 amide bonds. The van der Waals surface area contributed by atoms with Gasteiger partial charge < -0.3 is 39.4 Å². The monoisotopic (exact) mass is 977 g/mol. The Kier molecular flexibility index (Phi) is 14.5. The third-order valence-corrected chi connectivity index (χ3v) is 15.0. The van der Waals surface area contributed by atoms with Gasteiger partial charge in [-0.3, -0.25) is 14.7 Å². The number of H-pyrrole nitrogens is 4. The van der Waals surface area contributed by atoms with Crippen LogP contribution >= 0.6 is 11.6 Å². The van der Waals surface area contributed by atoms with Crippen LogP contribution < -0.4 is 19.4 Å². The van der Waals surface area contributed by atoms with E-state index >= 15 is 0 Å². The van der Waals surface area contributed by atoms with E-state index in [4.69, 9.17) is 16.3 Å². The Balaban J connectivity index is 0.000000117. The number of benzene rings is 6. The van der Waals surface area contributed by atoms with Crippen molar-refractivity contribution in [3.8, 4) is 5.75 Å². The van der Waals surface area contributed by atoms with E-state index in [2.05, 4.69) is 171 Å². The lowest BCUT2D eigenvalue weighted by Crippen LogP contribution is -2.45. The highest BCUT2D eigenvalue weighted by Crippen LogP contribution is 2.26. The first-order chi connectivity index (χ1) is 35.4. The van der Waals surface area contributed by atoms with E-state index in [1.165, 1.54) is 77.4 Å². The van der Waals surface area contributed by atoms with E-state index in [0.29, 0.717) is 0 Å². The lowest BCUT2D eigenvalue weighted by molar-refractivity contribution is 0.250. The molecule has 0 atom stereocenters. The average molecular weight is 978 g/mol. The number of ether oxygens (including phenoxy) is 1. The van der Waals surface area contributed by atoms with Gasteiger partial charge in [-0.1, -0.05) is 29.8 Å². The van der Waals surface area contributed by atoms with E-state index in [-0.39, 0.29) is 0 Å². The predicted octanol–water partition coefficient (Wildman–Crippen LogP) is 11.6. The molecule has 0 saturated carbocycles. The Morgan fingerprint density at radius 3 is 1.06 bits per heavy atom. The maximum atomic E-state index is 5.97. The van der Waals surface area contributed by atoms with Gasteiger partial charge in [0, 0.05) is 172 Å². The summed E-state index contributed by atoms with van der Waals surface area (Å²) in [6.45, 7) is 16.1. The second-order valence-corrected chi connectivity index (χ2v) is 19.8. The van der Waals surface area contributed by atoms with Gasteiger partial charge in [-0.25, -0.2) is 0 Å². The number of hydrogen-bond acceptors (Lipinski definition) is 7. The van der Waals surface area contributed by atoms with Crippen LogP contribution in [0.15, 0.2) is 170 Å². The summed E-state index contributed by atoms with van der Waals surface area (Å²) in [5.41, 5.74) is 12.9. The number of hydrogen-bond donors (Lipinski definition) is 4. The van der Waals surface area contributed by atoms with Gasteiger partial charge in [-0.15, -0.1) is 0 Å². The van der Waals surface area contributed by atoms with E-state index in [1.54, 1.807) is 7.11 Å². The maximum Gasteiger partial charge on any atom is 0.119 e. The van der Waals surface area contributed by atoms with Crippen molar-refractivity contribution in [1.82, 2.24) is 34.6 Å². The summed E-state index contributed by atoms with van der Waals surface area (Å²) < 4.78 is 5.24. The van der Waals surface area contributed by atoms with Crippen molar-refractivity contribution in [3.05, 3.63) is 192 Å². The molecule has 13 rings (SSSR count). The second-order valence-electron chi connectivity index (χ2n) is 19.4. The zero-order valence-corrected chi connectivity index (χ0v) is 42.0. The SMILES string of the molecule is COc1ccc(N2CCN(Cc3ccc4[nH]ccc4c3)CC2)cc1.Clc1ccc(N2CCN(Cc3ccc4[nH]ccc4c3)CC2)cc1.c1cc2cc(CN3CCN(c4ccc5[nH]ccc5c4)CC3)ccc2[nH]1. The van der Waals surface area contributed by atoms with Crippen molar-refractivity contribution in [2.45, 2.75) is 19.6 Å². The van der Waals surface area contributed by atoms with Gasteiger partial charge in [0.05, 0.1) is 7.11 Å². The van der Waals surface area contributed by atoms with E-state index < -0.39 is 0 Å². The summed E-state index contributed by atoms with van der Waals surface area (Å²) in [6.07, 6.45) is 8.02. The van der Waals surface area contributed by atoms with Crippen LogP contribution in [0.5, 0.6) is 5.75 Å². The molecule has 10 aromatic rings. The van der Waals surface area contributed by atoms with Crippen molar-refractivity contribution in [2.75, 3.05) is 100 Å². The Bertz CT molecular complexity index is 3290. The quantitative estimate of drug-likeness (QED) is 0.109. The van der Waals surface area contributed by atoms with E-state index in [1.807, 2.05) is 49.1 Å². The molecule has 0 bridgehead atoms. The fourth-order valence-electron chi connectivity index (χ4n) is 10.6. The third-order valence-electron chi connectivity index (χ3n) is 14.7. The molecule has 12 heteroatoms. The van der Waals surface area contributed by atoms with Crippen molar-refractivity contribution >= 4 is 72.3 Å². The minimum Gasteiger partial charge on any atom is -0.497 e. The van der Waals surface area contributed by atoms with Crippen LogP contribution in [0.3, 0.4) is 0 Å². The summed E-state index contributed by atoms with van der Waals surface area (Å²) in [7, 11) is 1.71. The maximum absolute atomic E-state index is 5.97. The van der Waals surface area contributed by atoms with Crippen molar-refractivity contribution in [3.63, 3.8) is 0 Å². The summed E-state index contributed by atoms with van der Waals surface area (Å²) in [4.78, 5) is 28.0. The topological polar surface area (TPSA) is 91.8 Å². The summed E-state index contributed by atoms with van der Waals surface area (Å²) in [5.74, 6) is 0.914. The molecule has 3 aliphatic heterocycles. The molecule has 72 heavy (non-hydrogen) atoms. The first-order valence-electron chi connectivity index (χ1n) is 25.5. The Labute approximate surface area is 427 Å². The Morgan fingerprint density at radius 2 is 0.681 bits per heavy atom. The molecule has 3 saturated heterocycles. The number of fused-ring (bicyclic) bond motifs is 4. The van der Waals surface area contributed by atoms with Crippen LogP contribution in [0.4, 0.5) is 17.1 Å². The largest absolute Gasteiger partial charge is 0.497 e. The lowest BCUT2D eigenvalue weighted by Gasteiger charge is -2.36.